The average molecular weight is 479 g/mol. The van der Waals surface area contributed by atoms with Crippen molar-refractivity contribution in [1.82, 2.24) is 20.2 Å². The second kappa shape index (κ2) is 12.5. The van der Waals surface area contributed by atoms with Crippen LogP contribution in [-0.4, -0.2) is 71.2 Å². The number of nitrogen functional groups attached to an aromatic ring is 1. The largest absolute Gasteiger partial charge is 0.471 e. The predicted octanol–water partition coefficient (Wildman–Crippen LogP) is -0.154. The van der Waals surface area contributed by atoms with Gasteiger partial charge in [-0.3, -0.25) is 14.2 Å². The van der Waals surface area contributed by atoms with E-state index in [4.69, 9.17) is 15.2 Å². The van der Waals surface area contributed by atoms with Gasteiger partial charge in [0.05, 0.1) is 19.3 Å². The van der Waals surface area contributed by atoms with Crippen molar-refractivity contribution in [3.05, 3.63) is 22.7 Å². The third kappa shape index (κ3) is 8.98. The van der Waals surface area contributed by atoms with Crippen LogP contribution in [0.25, 0.3) is 0 Å². The lowest BCUT2D eigenvalue weighted by atomic mass is 10.2. The van der Waals surface area contributed by atoms with Crippen LogP contribution in [0.4, 0.5) is 19.0 Å². The molecule has 0 saturated carbocycles. The van der Waals surface area contributed by atoms with Gasteiger partial charge in [-0.25, -0.2) is 4.79 Å². The minimum atomic E-state index is -4.89. The van der Waals surface area contributed by atoms with E-state index in [1.54, 1.807) is 5.32 Å². The molecule has 11 nitrogen and oxygen atoms in total. The highest BCUT2D eigenvalue weighted by molar-refractivity contribution is 5.81. The summed E-state index contributed by atoms with van der Waals surface area (Å²) in [6.07, 6.45) is -3.93. The number of nitrogens with one attached hydrogen (secondary N) is 2. The van der Waals surface area contributed by atoms with E-state index in [0.717, 1.165) is 0 Å². The molecule has 0 aliphatic carbocycles. The smallest absolute Gasteiger partial charge is 0.390 e. The number of hydrogen-bond donors (Lipinski definition) is 4. The zero-order valence-electron chi connectivity index (χ0n) is 17.8. The lowest BCUT2D eigenvalue weighted by molar-refractivity contribution is -0.173. The average Bonchev–Trinajstić information content (AvgIpc) is 3.09. The van der Waals surface area contributed by atoms with Crippen LogP contribution < -0.4 is 22.1 Å². The molecule has 3 atom stereocenters. The number of aliphatic hydroxyl groups excluding tert-OH is 1. The first-order valence-electron chi connectivity index (χ1n) is 10.5. The van der Waals surface area contributed by atoms with Crippen LogP contribution in [0.15, 0.2) is 17.1 Å². The molecule has 186 valence electrons. The van der Waals surface area contributed by atoms with Crippen LogP contribution >= 0.6 is 0 Å². The van der Waals surface area contributed by atoms with Crippen molar-refractivity contribution in [3.8, 4) is 0 Å². The van der Waals surface area contributed by atoms with Crippen molar-refractivity contribution in [3.63, 3.8) is 0 Å². The van der Waals surface area contributed by atoms with Crippen LogP contribution in [0, 0.1) is 0 Å². The van der Waals surface area contributed by atoms with E-state index in [9.17, 15) is 32.7 Å². The summed E-state index contributed by atoms with van der Waals surface area (Å²) in [5.74, 6) is -2.11. The summed E-state index contributed by atoms with van der Waals surface area (Å²) in [7, 11) is 0. The number of nitrogens with zero attached hydrogens (tertiary/aromatic N) is 2. The van der Waals surface area contributed by atoms with E-state index < -0.39 is 36.2 Å². The Labute approximate surface area is 187 Å². The molecule has 33 heavy (non-hydrogen) atoms. The quantitative estimate of drug-likeness (QED) is 0.301. The third-order valence-electron chi connectivity index (χ3n) is 4.84. The second-order valence-electron chi connectivity index (χ2n) is 7.46. The Morgan fingerprint density at radius 1 is 1.27 bits per heavy atom. The van der Waals surface area contributed by atoms with Gasteiger partial charge in [-0.1, -0.05) is 6.42 Å². The Morgan fingerprint density at radius 3 is 2.73 bits per heavy atom. The SMILES string of the molecule is Nc1ccn([C@H]2C[C@H](O)[C@@H](COCCNC(=O)CCCCCNC(=O)C(F)(F)F)O2)c(=O)n1. The highest BCUT2D eigenvalue weighted by atomic mass is 19.4. The molecule has 1 saturated heterocycles. The highest BCUT2D eigenvalue weighted by Crippen LogP contribution is 2.27. The van der Waals surface area contributed by atoms with E-state index in [1.807, 2.05) is 0 Å². The molecule has 0 spiro atoms. The Hall–Kier alpha value is -2.71. The van der Waals surface area contributed by atoms with Gasteiger partial charge in [0, 0.05) is 32.1 Å². The van der Waals surface area contributed by atoms with Crippen molar-refractivity contribution >= 4 is 17.6 Å². The normalized spacial score (nSPS) is 20.5. The summed E-state index contributed by atoms with van der Waals surface area (Å²) in [4.78, 5) is 37.9. The molecule has 0 bridgehead atoms. The van der Waals surface area contributed by atoms with Gasteiger partial charge >= 0.3 is 17.8 Å². The van der Waals surface area contributed by atoms with E-state index in [0.29, 0.717) is 19.3 Å². The number of ether oxygens (including phenoxy) is 2. The van der Waals surface area contributed by atoms with Gasteiger partial charge < -0.3 is 30.9 Å². The van der Waals surface area contributed by atoms with Gasteiger partial charge in [0.25, 0.3) is 0 Å². The number of alkyl halides is 3. The molecule has 1 fully saturated rings. The number of nitrogens with two attached hydrogens (primary N) is 1. The number of aromatic nitrogens is 2. The van der Waals surface area contributed by atoms with E-state index in [1.165, 1.54) is 16.8 Å². The number of hydrogen-bond acceptors (Lipinski definition) is 8. The molecule has 1 aromatic heterocycles. The topological polar surface area (TPSA) is 158 Å². The maximum Gasteiger partial charge on any atom is 0.471 e. The van der Waals surface area contributed by atoms with Crippen LogP contribution in [0.5, 0.6) is 0 Å². The molecule has 0 aromatic carbocycles. The molecule has 1 aromatic rings. The minimum absolute atomic E-state index is 0.0638. The maximum atomic E-state index is 12.0. The number of aliphatic hydroxyl groups is 1. The van der Waals surface area contributed by atoms with Crippen molar-refractivity contribution in [2.75, 3.05) is 32.0 Å². The molecule has 1 aliphatic rings. The summed E-state index contributed by atoms with van der Waals surface area (Å²) in [5, 5.41) is 14.5. The van der Waals surface area contributed by atoms with E-state index in [2.05, 4.69) is 10.3 Å². The fourth-order valence-corrected chi connectivity index (χ4v) is 3.12. The standard InChI is InChI=1S/C19H28F3N5O6/c20-19(21,22)17(30)25-6-3-1-2-4-15(29)24-7-9-32-11-13-12(28)10-16(33-13)27-8-5-14(23)26-18(27)31/h5,8,12-13,16,28H,1-4,6-7,9-11H2,(H,24,29)(H,25,30)(H2,23,26,31)/t12-,13+,16+/m0/s1. The van der Waals surface area contributed by atoms with E-state index in [-0.39, 0.29) is 50.9 Å². The van der Waals surface area contributed by atoms with Crippen LogP contribution in [-0.2, 0) is 19.1 Å². The molecule has 5 N–H and O–H groups in total. The molecule has 1 aliphatic heterocycles. The lowest BCUT2D eigenvalue weighted by Crippen LogP contribution is -2.37. The molecule has 2 rings (SSSR count). The zero-order chi connectivity index (χ0) is 24.4. The molecule has 0 radical (unpaired) electrons. The number of carbonyl (C=O) groups is 2. The van der Waals surface area contributed by atoms with Crippen LogP contribution in [0.3, 0.4) is 0 Å². The number of rotatable bonds is 12. The maximum absolute atomic E-state index is 12.0. The highest BCUT2D eigenvalue weighted by Gasteiger charge is 2.38. The summed E-state index contributed by atoms with van der Waals surface area (Å²) >= 11 is 0. The van der Waals surface area contributed by atoms with Gasteiger partial charge in [0.1, 0.15) is 18.1 Å². The fourth-order valence-electron chi connectivity index (χ4n) is 3.12. The summed E-state index contributed by atoms with van der Waals surface area (Å²) < 4.78 is 48.4. The van der Waals surface area contributed by atoms with Crippen LogP contribution in [0.2, 0.25) is 0 Å². The van der Waals surface area contributed by atoms with Gasteiger partial charge in [-0.15, -0.1) is 0 Å². The summed E-state index contributed by atoms with van der Waals surface area (Å²) in [6, 6.07) is 1.45. The fraction of sp³-hybridized carbons (Fsp3) is 0.684. The molecular formula is C19H28F3N5O6. The molecule has 2 heterocycles. The Kier molecular flexibility index (Phi) is 10.1. The molecular weight excluding hydrogens is 451 g/mol. The molecule has 14 heteroatoms. The predicted molar refractivity (Wildman–Crippen MR) is 109 cm³/mol. The molecule has 2 amide bonds. The van der Waals surface area contributed by atoms with Crippen molar-refractivity contribution < 1.29 is 37.3 Å². The number of carbonyl (C=O) groups excluding carboxylic acids is 2. The minimum Gasteiger partial charge on any atom is -0.390 e. The lowest BCUT2D eigenvalue weighted by Gasteiger charge is -2.16. The number of amides is 2. The van der Waals surface area contributed by atoms with Gasteiger partial charge in [-0.2, -0.15) is 18.2 Å². The third-order valence-corrected chi connectivity index (χ3v) is 4.84. The van der Waals surface area contributed by atoms with Gasteiger partial charge in [-0.05, 0) is 18.9 Å². The number of anilines is 1. The number of unbranched alkanes of at least 4 members (excludes halogenated alkanes) is 2. The summed E-state index contributed by atoms with van der Waals surface area (Å²) in [5.41, 5.74) is 4.87. The zero-order valence-corrected chi connectivity index (χ0v) is 17.8. The van der Waals surface area contributed by atoms with Crippen molar-refractivity contribution in [1.29, 1.82) is 0 Å². The Balaban J connectivity index is 1.52. The second-order valence-corrected chi connectivity index (χ2v) is 7.46. The Bertz CT molecular complexity index is 850. The monoisotopic (exact) mass is 479 g/mol. The van der Waals surface area contributed by atoms with Crippen molar-refractivity contribution in [2.45, 2.75) is 56.7 Å². The first-order valence-corrected chi connectivity index (χ1v) is 10.5. The van der Waals surface area contributed by atoms with E-state index >= 15 is 0 Å². The van der Waals surface area contributed by atoms with Crippen LogP contribution in [0.1, 0.15) is 38.3 Å². The van der Waals surface area contributed by atoms with Gasteiger partial charge in [0.2, 0.25) is 5.91 Å². The summed E-state index contributed by atoms with van der Waals surface area (Å²) in [6.45, 7) is 0.367. The first-order chi connectivity index (χ1) is 15.6. The molecule has 0 unspecified atom stereocenters. The first kappa shape index (κ1) is 26.5. The Morgan fingerprint density at radius 2 is 2.03 bits per heavy atom. The van der Waals surface area contributed by atoms with Crippen molar-refractivity contribution in [2.24, 2.45) is 0 Å². The van der Waals surface area contributed by atoms with Gasteiger partial charge in [0.15, 0.2) is 0 Å². The number of halogens is 3.